The average molecular weight is 708 g/mol. The molecule has 0 spiro atoms. The topological polar surface area (TPSA) is 80.2 Å². The molecule has 48 heavy (non-hydrogen) atoms. The van der Waals surface area contributed by atoms with Gasteiger partial charge in [0.1, 0.15) is 0 Å². The first-order valence-electron chi connectivity index (χ1n) is 20.2. The molecule has 9 heteroatoms. The summed E-state index contributed by atoms with van der Waals surface area (Å²) < 4.78 is 5.48. The van der Waals surface area contributed by atoms with E-state index in [-0.39, 0.29) is 5.97 Å². The number of esters is 1. The fourth-order valence-corrected chi connectivity index (χ4v) is 8.22. The highest BCUT2D eigenvalue weighted by molar-refractivity contribution is 8.00. The summed E-state index contributed by atoms with van der Waals surface area (Å²) in [6.45, 7) is 14.0. The highest BCUT2D eigenvalue weighted by Gasteiger charge is 2.18. The van der Waals surface area contributed by atoms with Crippen LogP contribution in [-0.2, 0) is 9.53 Å². The van der Waals surface area contributed by atoms with E-state index in [9.17, 15) is 4.79 Å². The van der Waals surface area contributed by atoms with Crippen LogP contribution < -0.4 is 5.32 Å². The SMILES string of the molecule is CCCCCCCCCCSc1nc(NCCN2CCC(C)CC2)nc(SC(CCCCCC)CCCCC(=O)OCCCCCC)n1. The maximum Gasteiger partial charge on any atom is 0.305 e. The van der Waals surface area contributed by atoms with Gasteiger partial charge in [-0.3, -0.25) is 4.79 Å². The van der Waals surface area contributed by atoms with Crippen LogP contribution in [-0.4, -0.2) is 69.6 Å². The van der Waals surface area contributed by atoms with Crippen molar-refractivity contribution in [2.45, 2.75) is 191 Å². The summed E-state index contributed by atoms with van der Waals surface area (Å²) in [5.74, 6) is 2.60. The molecule has 1 aliphatic rings. The lowest BCUT2D eigenvalue weighted by molar-refractivity contribution is -0.143. The van der Waals surface area contributed by atoms with Crippen molar-refractivity contribution in [3.8, 4) is 0 Å². The first-order valence-corrected chi connectivity index (χ1v) is 22.1. The maximum atomic E-state index is 12.3. The van der Waals surface area contributed by atoms with E-state index >= 15 is 0 Å². The van der Waals surface area contributed by atoms with Gasteiger partial charge in [0.2, 0.25) is 5.95 Å². The lowest BCUT2D eigenvalue weighted by Gasteiger charge is -2.30. The van der Waals surface area contributed by atoms with Crippen molar-refractivity contribution in [3.63, 3.8) is 0 Å². The Morgan fingerprint density at radius 2 is 1.35 bits per heavy atom. The van der Waals surface area contributed by atoms with Crippen LogP contribution in [0, 0.1) is 5.92 Å². The normalized spacial score (nSPS) is 14.8. The number of anilines is 1. The Bertz CT molecular complexity index is 916. The Hall–Kier alpha value is -1.06. The number of nitrogens with zero attached hydrogens (tertiary/aromatic N) is 4. The fraction of sp³-hybridized carbons (Fsp3) is 0.897. The molecule has 0 aliphatic carbocycles. The van der Waals surface area contributed by atoms with Gasteiger partial charge in [0.15, 0.2) is 10.3 Å². The van der Waals surface area contributed by atoms with E-state index in [1.807, 2.05) is 11.8 Å². The zero-order valence-corrected chi connectivity index (χ0v) is 33.2. The van der Waals surface area contributed by atoms with Crippen molar-refractivity contribution in [1.82, 2.24) is 19.9 Å². The minimum Gasteiger partial charge on any atom is -0.466 e. The van der Waals surface area contributed by atoms with Gasteiger partial charge in [-0.05, 0) is 64.0 Å². The third kappa shape index (κ3) is 22.6. The quantitative estimate of drug-likeness (QED) is 0.0461. The standard InChI is InChI=1S/C39H73N5O2S2/c1-5-8-11-14-15-16-17-22-33-47-38-41-37(40-28-31-44-29-26-34(4)27-30-44)42-39(43-38)48-35(23-18-12-9-6-2)24-19-20-25-36(45)46-32-21-13-10-7-3/h34-35H,5-33H2,1-4H3,(H,40,41,42,43). The second-order valence-corrected chi connectivity index (χ2v) is 16.4. The summed E-state index contributed by atoms with van der Waals surface area (Å²) >= 11 is 3.62. The van der Waals surface area contributed by atoms with Crippen LogP contribution >= 0.6 is 23.5 Å². The number of hydrogen-bond acceptors (Lipinski definition) is 9. The number of hydrogen-bond donors (Lipinski definition) is 1. The predicted molar refractivity (Wildman–Crippen MR) is 208 cm³/mol. The molecule has 0 amide bonds. The second-order valence-electron chi connectivity index (χ2n) is 14.1. The molecule has 1 aromatic heterocycles. The molecular weight excluding hydrogens is 635 g/mol. The van der Waals surface area contributed by atoms with Crippen LogP contribution in [0.5, 0.6) is 0 Å². The largest absolute Gasteiger partial charge is 0.466 e. The summed E-state index contributed by atoms with van der Waals surface area (Å²) in [5.41, 5.74) is 0. The van der Waals surface area contributed by atoms with Gasteiger partial charge in [-0.2, -0.15) is 15.0 Å². The molecular formula is C39H73N5O2S2. The van der Waals surface area contributed by atoms with Crippen LogP contribution in [0.1, 0.15) is 175 Å². The lowest BCUT2D eigenvalue weighted by atomic mass is 9.99. The Kier molecular flexibility index (Phi) is 26.6. The molecule has 1 fully saturated rings. The third-order valence-corrected chi connectivity index (χ3v) is 11.6. The maximum absolute atomic E-state index is 12.3. The van der Waals surface area contributed by atoms with Crippen molar-refractivity contribution in [3.05, 3.63) is 0 Å². The molecule has 1 unspecified atom stereocenters. The summed E-state index contributed by atoms with van der Waals surface area (Å²) in [6.07, 6.45) is 27.5. The molecule has 0 bridgehead atoms. The molecule has 1 saturated heterocycles. The molecule has 0 radical (unpaired) electrons. The first kappa shape index (κ1) is 43.1. The summed E-state index contributed by atoms with van der Waals surface area (Å²) in [5, 5.41) is 5.72. The molecule has 0 saturated carbocycles. The van der Waals surface area contributed by atoms with Gasteiger partial charge in [0.05, 0.1) is 6.61 Å². The van der Waals surface area contributed by atoms with Gasteiger partial charge in [-0.1, -0.05) is 148 Å². The molecule has 1 N–H and O–H groups in total. The predicted octanol–water partition coefficient (Wildman–Crippen LogP) is 11.4. The number of thioether (sulfide) groups is 2. The van der Waals surface area contributed by atoms with Crippen LogP contribution in [0.2, 0.25) is 0 Å². The minimum absolute atomic E-state index is 0.0379. The average Bonchev–Trinajstić information content (AvgIpc) is 3.08. The summed E-state index contributed by atoms with van der Waals surface area (Å²) in [4.78, 5) is 29.6. The van der Waals surface area contributed by atoms with Crippen molar-refractivity contribution in [2.24, 2.45) is 5.92 Å². The molecule has 1 aromatic rings. The number of piperidine rings is 1. The first-order chi connectivity index (χ1) is 23.5. The Morgan fingerprint density at radius 1 is 0.771 bits per heavy atom. The second kappa shape index (κ2) is 29.6. The minimum atomic E-state index is -0.0379. The number of nitrogens with one attached hydrogen (secondary N) is 1. The zero-order valence-electron chi connectivity index (χ0n) is 31.6. The Balaban J connectivity index is 1.94. The number of rotatable bonds is 31. The van der Waals surface area contributed by atoms with E-state index in [1.165, 1.54) is 116 Å². The van der Waals surface area contributed by atoms with E-state index in [4.69, 9.17) is 19.7 Å². The Morgan fingerprint density at radius 3 is 2.04 bits per heavy atom. The zero-order chi connectivity index (χ0) is 34.5. The van der Waals surface area contributed by atoms with Crippen molar-refractivity contribution >= 4 is 35.4 Å². The lowest BCUT2D eigenvalue weighted by Crippen LogP contribution is -2.36. The molecule has 278 valence electrons. The smallest absolute Gasteiger partial charge is 0.305 e. The number of unbranched alkanes of at least 4 members (excludes halogenated alkanes) is 14. The number of ether oxygens (including phenoxy) is 1. The number of aromatic nitrogens is 3. The number of carbonyl (C=O) groups excluding carboxylic acids is 1. The van der Waals surface area contributed by atoms with Gasteiger partial charge in [-0.25, -0.2) is 0 Å². The molecule has 1 atom stereocenters. The molecule has 0 aromatic carbocycles. The number of likely N-dealkylation sites (tertiary alicyclic amines) is 1. The van der Waals surface area contributed by atoms with Crippen LogP contribution in [0.25, 0.3) is 0 Å². The van der Waals surface area contributed by atoms with Crippen LogP contribution in [0.4, 0.5) is 5.95 Å². The monoisotopic (exact) mass is 708 g/mol. The molecule has 1 aliphatic heterocycles. The third-order valence-electron chi connectivity index (χ3n) is 9.48. The van der Waals surface area contributed by atoms with Gasteiger partial charge in [-0.15, -0.1) is 0 Å². The van der Waals surface area contributed by atoms with Crippen molar-refractivity contribution in [1.29, 1.82) is 0 Å². The van der Waals surface area contributed by atoms with Crippen molar-refractivity contribution < 1.29 is 9.53 Å². The molecule has 7 nitrogen and oxygen atoms in total. The molecule has 2 rings (SSSR count). The van der Waals surface area contributed by atoms with Crippen LogP contribution in [0.3, 0.4) is 0 Å². The van der Waals surface area contributed by atoms with Gasteiger partial charge < -0.3 is 15.0 Å². The highest BCUT2D eigenvalue weighted by Crippen LogP contribution is 2.30. The van der Waals surface area contributed by atoms with E-state index < -0.39 is 0 Å². The molecule has 2 heterocycles. The highest BCUT2D eigenvalue weighted by atomic mass is 32.2. The van der Waals surface area contributed by atoms with E-state index in [0.717, 1.165) is 79.5 Å². The van der Waals surface area contributed by atoms with E-state index in [2.05, 4.69) is 37.9 Å². The van der Waals surface area contributed by atoms with E-state index in [1.54, 1.807) is 11.8 Å². The Labute approximate surface area is 304 Å². The van der Waals surface area contributed by atoms with Crippen molar-refractivity contribution in [2.75, 3.05) is 43.9 Å². The van der Waals surface area contributed by atoms with Crippen LogP contribution in [0.15, 0.2) is 10.3 Å². The fourth-order valence-electron chi connectivity index (χ4n) is 6.18. The van der Waals surface area contributed by atoms with Gasteiger partial charge in [0.25, 0.3) is 0 Å². The van der Waals surface area contributed by atoms with Gasteiger partial charge in [0, 0.05) is 30.5 Å². The van der Waals surface area contributed by atoms with E-state index in [0.29, 0.717) is 18.3 Å². The number of carbonyl (C=O) groups is 1. The summed E-state index contributed by atoms with van der Waals surface area (Å²) in [6, 6.07) is 0. The summed E-state index contributed by atoms with van der Waals surface area (Å²) in [7, 11) is 0. The van der Waals surface area contributed by atoms with Gasteiger partial charge >= 0.3 is 5.97 Å².